The normalized spacial score (nSPS) is 15.5. The van der Waals surface area contributed by atoms with Gasteiger partial charge in [-0.2, -0.15) is 0 Å². The fourth-order valence-electron chi connectivity index (χ4n) is 3.72. The van der Waals surface area contributed by atoms with Crippen LogP contribution in [-0.2, 0) is 13.0 Å². The minimum atomic E-state index is 0.00918. The van der Waals surface area contributed by atoms with E-state index in [1.807, 2.05) is 54.4 Å². The van der Waals surface area contributed by atoms with E-state index >= 15 is 0 Å². The van der Waals surface area contributed by atoms with E-state index in [-0.39, 0.29) is 11.9 Å². The highest BCUT2D eigenvalue weighted by Gasteiger charge is 2.31. The molecular formula is C23H23N3O. The fraction of sp³-hybridized carbons (Fsp3) is 0.217. The Bertz CT molecular complexity index is 955. The van der Waals surface area contributed by atoms with Crippen molar-refractivity contribution in [1.82, 2.24) is 4.98 Å². The molecule has 0 N–H and O–H groups in total. The monoisotopic (exact) mass is 357 g/mol. The van der Waals surface area contributed by atoms with Crippen LogP contribution in [0.4, 0.5) is 11.4 Å². The quantitative estimate of drug-likeness (QED) is 0.698. The van der Waals surface area contributed by atoms with Crippen molar-refractivity contribution in [3.8, 4) is 0 Å². The molecule has 0 saturated heterocycles. The van der Waals surface area contributed by atoms with Crippen LogP contribution >= 0.6 is 0 Å². The summed E-state index contributed by atoms with van der Waals surface area (Å²) in [7, 11) is 2.02. The second-order valence-corrected chi connectivity index (χ2v) is 7.13. The van der Waals surface area contributed by atoms with Gasteiger partial charge in [-0.25, -0.2) is 0 Å². The van der Waals surface area contributed by atoms with E-state index < -0.39 is 0 Å². The van der Waals surface area contributed by atoms with Crippen LogP contribution in [0.3, 0.4) is 0 Å². The molecule has 2 heterocycles. The largest absolute Gasteiger partial charge is 0.369 e. The van der Waals surface area contributed by atoms with Gasteiger partial charge in [0.1, 0.15) is 0 Å². The van der Waals surface area contributed by atoms with Gasteiger partial charge in [0.15, 0.2) is 0 Å². The van der Waals surface area contributed by atoms with Crippen molar-refractivity contribution in [1.29, 1.82) is 0 Å². The summed E-state index contributed by atoms with van der Waals surface area (Å²) in [4.78, 5) is 21.6. The smallest absolute Gasteiger partial charge is 0.260 e. The highest BCUT2D eigenvalue weighted by Crippen LogP contribution is 2.33. The van der Waals surface area contributed by atoms with E-state index in [1.165, 1.54) is 11.1 Å². The molecule has 1 amide bonds. The number of rotatable bonds is 4. The number of carbonyl (C=O) groups excluding carboxylic acids is 1. The van der Waals surface area contributed by atoms with Crippen LogP contribution in [0.1, 0.15) is 28.4 Å². The minimum Gasteiger partial charge on any atom is -0.369 e. The van der Waals surface area contributed by atoms with Crippen LogP contribution in [0, 0.1) is 0 Å². The van der Waals surface area contributed by atoms with Gasteiger partial charge in [0.25, 0.3) is 5.91 Å². The number of amides is 1. The summed E-state index contributed by atoms with van der Waals surface area (Å²) in [5.74, 6) is 0.00918. The molecule has 1 aliphatic rings. The average molecular weight is 357 g/mol. The molecule has 1 unspecified atom stereocenters. The number of fused-ring (bicyclic) bond motifs is 1. The number of anilines is 2. The van der Waals surface area contributed by atoms with E-state index in [9.17, 15) is 4.79 Å². The maximum absolute atomic E-state index is 13.2. The highest BCUT2D eigenvalue weighted by molar-refractivity contribution is 6.08. The minimum absolute atomic E-state index is 0.00918. The molecule has 4 heteroatoms. The predicted molar refractivity (Wildman–Crippen MR) is 109 cm³/mol. The summed E-state index contributed by atoms with van der Waals surface area (Å²) in [6.07, 6.45) is 4.36. The first-order chi connectivity index (χ1) is 13.1. The Balaban J connectivity index is 1.58. The van der Waals surface area contributed by atoms with Crippen LogP contribution in [0.2, 0.25) is 0 Å². The SMILES string of the molecule is CC1Cc2ccccc2N1C(=O)c1cncc(N(C)Cc2ccccc2)c1. The predicted octanol–water partition coefficient (Wildman–Crippen LogP) is 4.31. The van der Waals surface area contributed by atoms with Gasteiger partial charge in [-0.1, -0.05) is 48.5 Å². The second-order valence-electron chi connectivity index (χ2n) is 7.13. The number of para-hydroxylation sites is 1. The number of nitrogens with zero attached hydrogens (tertiary/aromatic N) is 3. The summed E-state index contributed by atoms with van der Waals surface area (Å²) < 4.78 is 0. The van der Waals surface area contributed by atoms with E-state index in [2.05, 4.69) is 35.0 Å². The highest BCUT2D eigenvalue weighted by atomic mass is 16.2. The molecule has 4 nitrogen and oxygen atoms in total. The molecule has 0 aliphatic carbocycles. The van der Waals surface area contributed by atoms with Crippen LogP contribution in [0.15, 0.2) is 73.1 Å². The number of hydrogen-bond acceptors (Lipinski definition) is 3. The number of benzene rings is 2. The van der Waals surface area contributed by atoms with E-state index in [0.29, 0.717) is 5.56 Å². The van der Waals surface area contributed by atoms with E-state index in [0.717, 1.165) is 24.3 Å². The van der Waals surface area contributed by atoms with Gasteiger partial charge in [-0.3, -0.25) is 9.78 Å². The first-order valence-corrected chi connectivity index (χ1v) is 9.25. The second kappa shape index (κ2) is 7.23. The van der Waals surface area contributed by atoms with E-state index in [1.54, 1.807) is 12.4 Å². The van der Waals surface area contributed by atoms with Crippen molar-refractivity contribution in [2.75, 3.05) is 16.8 Å². The van der Waals surface area contributed by atoms with Crippen molar-refractivity contribution < 1.29 is 4.79 Å². The molecule has 1 aromatic heterocycles. The zero-order valence-corrected chi connectivity index (χ0v) is 15.7. The Morgan fingerprint density at radius 2 is 1.85 bits per heavy atom. The van der Waals surface area contributed by atoms with Crippen molar-refractivity contribution in [2.24, 2.45) is 0 Å². The van der Waals surface area contributed by atoms with Gasteiger partial charge in [0.05, 0.1) is 17.4 Å². The number of hydrogen-bond donors (Lipinski definition) is 0. The van der Waals surface area contributed by atoms with Gasteiger partial charge >= 0.3 is 0 Å². The first-order valence-electron chi connectivity index (χ1n) is 9.25. The summed E-state index contributed by atoms with van der Waals surface area (Å²) in [5, 5.41) is 0. The summed E-state index contributed by atoms with van der Waals surface area (Å²) in [6, 6.07) is 20.5. The number of carbonyl (C=O) groups is 1. The number of pyridine rings is 1. The third-order valence-corrected chi connectivity index (χ3v) is 5.10. The lowest BCUT2D eigenvalue weighted by molar-refractivity contribution is 0.0981. The van der Waals surface area contributed by atoms with Gasteiger partial charge in [0.2, 0.25) is 0 Å². The molecule has 0 saturated carbocycles. The molecule has 0 radical (unpaired) electrons. The maximum atomic E-state index is 13.2. The average Bonchev–Trinajstić information content (AvgIpc) is 3.04. The Hall–Kier alpha value is -3.14. The first kappa shape index (κ1) is 17.3. The zero-order chi connectivity index (χ0) is 18.8. The molecule has 27 heavy (non-hydrogen) atoms. The Morgan fingerprint density at radius 1 is 1.11 bits per heavy atom. The molecule has 4 rings (SSSR count). The van der Waals surface area contributed by atoms with Crippen LogP contribution in [0.25, 0.3) is 0 Å². The topological polar surface area (TPSA) is 36.4 Å². The molecular weight excluding hydrogens is 334 g/mol. The van der Waals surface area contributed by atoms with Crippen molar-refractivity contribution in [3.05, 3.63) is 89.7 Å². The molecule has 0 fully saturated rings. The molecule has 136 valence electrons. The third-order valence-electron chi connectivity index (χ3n) is 5.10. The lowest BCUT2D eigenvalue weighted by atomic mass is 10.1. The van der Waals surface area contributed by atoms with Crippen LogP contribution in [0.5, 0.6) is 0 Å². The summed E-state index contributed by atoms with van der Waals surface area (Å²) in [6.45, 7) is 2.86. The fourth-order valence-corrected chi connectivity index (χ4v) is 3.72. The summed E-state index contributed by atoms with van der Waals surface area (Å²) in [5.41, 5.74) is 5.02. The lowest BCUT2D eigenvalue weighted by Crippen LogP contribution is -2.35. The van der Waals surface area contributed by atoms with Crippen LogP contribution < -0.4 is 9.80 Å². The standard InChI is InChI=1S/C23H23N3O/c1-17-12-19-10-6-7-11-22(19)26(17)23(27)20-13-21(15-24-14-20)25(2)16-18-8-4-3-5-9-18/h3-11,13-15,17H,12,16H2,1-2H3. The summed E-state index contributed by atoms with van der Waals surface area (Å²) >= 11 is 0. The van der Waals surface area contributed by atoms with Crippen molar-refractivity contribution in [3.63, 3.8) is 0 Å². The Kier molecular flexibility index (Phi) is 4.63. The van der Waals surface area contributed by atoms with E-state index in [4.69, 9.17) is 0 Å². The lowest BCUT2D eigenvalue weighted by Gasteiger charge is -2.24. The molecule has 0 spiro atoms. The molecule has 2 aromatic carbocycles. The molecule has 1 aliphatic heterocycles. The van der Waals surface area contributed by atoms with Crippen molar-refractivity contribution >= 4 is 17.3 Å². The number of aromatic nitrogens is 1. The zero-order valence-electron chi connectivity index (χ0n) is 15.7. The van der Waals surface area contributed by atoms with Gasteiger partial charge in [-0.15, -0.1) is 0 Å². The molecule has 0 bridgehead atoms. The third kappa shape index (κ3) is 3.43. The van der Waals surface area contributed by atoms with Crippen molar-refractivity contribution in [2.45, 2.75) is 25.9 Å². The molecule has 1 atom stereocenters. The van der Waals surface area contributed by atoms with Gasteiger partial charge in [0, 0.05) is 31.5 Å². The Labute approximate surface area is 160 Å². The maximum Gasteiger partial charge on any atom is 0.260 e. The van der Waals surface area contributed by atoms with Gasteiger partial charge in [-0.05, 0) is 36.6 Å². The molecule has 3 aromatic rings. The van der Waals surface area contributed by atoms with Gasteiger partial charge < -0.3 is 9.80 Å². The van der Waals surface area contributed by atoms with Crippen LogP contribution in [-0.4, -0.2) is 24.0 Å². The Morgan fingerprint density at radius 3 is 2.67 bits per heavy atom.